The predicted octanol–water partition coefficient (Wildman–Crippen LogP) is 3.34. The van der Waals surface area contributed by atoms with E-state index in [4.69, 9.17) is 0 Å². The van der Waals surface area contributed by atoms with Crippen LogP contribution in [0.2, 0.25) is 0 Å². The smallest absolute Gasteiger partial charge is 0.0827 e. The Morgan fingerprint density at radius 1 is 0.952 bits per heavy atom. The van der Waals surface area contributed by atoms with Gasteiger partial charge < -0.3 is 5.11 Å². The van der Waals surface area contributed by atoms with E-state index in [1.807, 2.05) is 6.07 Å². The number of piperidine rings is 1. The quantitative estimate of drug-likeness (QED) is 0.911. The van der Waals surface area contributed by atoms with Crippen molar-refractivity contribution in [2.45, 2.75) is 25.0 Å². The molecule has 2 heteroatoms. The summed E-state index contributed by atoms with van der Waals surface area (Å²) < 4.78 is 0. The van der Waals surface area contributed by atoms with Crippen molar-refractivity contribution in [3.63, 3.8) is 0 Å². The van der Waals surface area contributed by atoms with Crippen molar-refractivity contribution in [1.29, 1.82) is 0 Å². The zero-order chi connectivity index (χ0) is 14.2. The molecule has 1 fully saturated rings. The fourth-order valence-corrected chi connectivity index (χ4v) is 4.08. The first-order valence-electron chi connectivity index (χ1n) is 7.86. The molecule has 0 amide bonds. The zero-order valence-corrected chi connectivity index (χ0v) is 12.2. The number of hydrogen-bond acceptors (Lipinski definition) is 2. The number of rotatable bonds is 2. The summed E-state index contributed by atoms with van der Waals surface area (Å²) in [6.45, 7) is 3.16. The molecule has 0 bridgehead atoms. The highest BCUT2D eigenvalue weighted by Gasteiger charge is 2.42. The lowest BCUT2D eigenvalue weighted by Gasteiger charge is -2.36. The van der Waals surface area contributed by atoms with Gasteiger partial charge in [-0.25, -0.2) is 0 Å². The Bertz CT molecular complexity index is 624. The summed E-state index contributed by atoms with van der Waals surface area (Å²) in [5, 5.41) is 10.5. The molecule has 2 aromatic rings. The van der Waals surface area contributed by atoms with Gasteiger partial charge >= 0.3 is 0 Å². The minimum atomic E-state index is -0.259. The molecule has 2 nitrogen and oxygen atoms in total. The van der Waals surface area contributed by atoms with Crippen LogP contribution in [-0.4, -0.2) is 23.1 Å². The van der Waals surface area contributed by atoms with E-state index in [-0.39, 0.29) is 6.10 Å². The Labute approximate surface area is 126 Å². The summed E-state index contributed by atoms with van der Waals surface area (Å²) in [4.78, 5) is 2.53. The van der Waals surface area contributed by atoms with Gasteiger partial charge in [0, 0.05) is 19.0 Å². The topological polar surface area (TPSA) is 23.5 Å². The van der Waals surface area contributed by atoms with Crippen LogP contribution in [0.3, 0.4) is 0 Å². The molecular formula is C19H21NO. The van der Waals surface area contributed by atoms with Crippen LogP contribution in [0.1, 0.15) is 35.1 Å². The highest BCUT2D eigenvalue weighted by Crippen LogP contribution is 2.49. The van der Waals surface area contributed by atoms with Crippen LogP contribution in [0.25, 0.3) is 0 Å². The van der Waals surface area contributed by atoms with Crippen LogP contribution in [0.5, 0.6) is 0 Å². The largest absolute Gasteiger partial charge is 0.388 e. The highest BCUT2D eigenvalue weighted by molar-refractivity contribution is 5.39. The summed E-state index contributed by atoms with van der Waals surface area (Å²) >= 11 is 0. The maximum absolute atomic E-state index is 10.5. The average molecular weight is 279 g/mol. The number of benzene rings is 2. The lowest BCUT2D eigenvalue weighted by Crippen LogP contribution is -2.38. The first kappa shape index (κ1) is 13.1. The molecule has 0 saturated carbocycles. The van der Waals surface area contributed by atoms with Gasteiger partial charge in [0.05, 0.1) is 6.10 Å². The predicted molar refractivity (Wildman–Crippen MR) is 84.0 cm³/mol. The normalized spacial score (nSPS) is 28.1. The maximum Gasteiger partial charge on any atom is 0.0827 e. The number of nitrogens with zero attached hydrogens (tertiary/aromatic N) is 1. The zero-order valence-electron chi connectivity index (χ0n) is 12.2. The lowest BCUT2D eigenvalue weighted by atomic mass is 9.85. The molecular weight excluding hydrogens is 258 g/mol. The van der Waals surface area contributed by atoms with Crippen LogP contribution in [-0.2, 0) is 6.54 Å². The second kappa shape index (κ2) is 5.28. The number of fused-ring (bicyclic) bond motifs is 3. The number of likely N-dealkylation sites (tertiary alicyclic amines) is 1. The van der Waals surface area contributed by atoms with E-state index in [0.29, 0.717) is 11.8 Å². The first-order chi connectivity index (χ1) is 10.3. The standard InChI is InChI=1S/C19H21NO/c21-19-16-9-5-4-8-15(16)18-13-20(11-10-17(18)19)12-14-6-2-1-3-7-14/h1-9,17-19,21H,10-13H2/t17-,18+,19-/m1/s1. The van der Waals surface area contributed by atoms with Gasteiger partial charge in [0.2, 0.25) is 0 Å². The van der Waals surface area contributed by atoms with E-state index in [9.17, 15) is 5.11 Å². The average Bonchev–Trinajstić information content (AvgIpc) is 2.82. The summed E-state index contributed by atoms with van der Waals surface area (Å²) in [7, 11) is 0. The monoisotopic (exact) mass is 279 g/mol. The van der Waals surface area contributed by atoms with Crippen LogP contribution in [0.4, 0.5) is 0 Å². The second-order valence-corrected chi connectivity index (χ2v) is 6.35. The Kier molecular flexibility index (Phi) is 3.28. The molecule has 108 valence electrons. The lowest BCUT2D eigenvalue weighted by molar-refractivity contribution is 0.0589. The Hall–Kier alpha value is -1.64. The highest BCUT2D eigenvalue weighted by atomic mass is 16.3. The van der Waals surface area contributed by atoms with Gasteiger partial charge in [0.15, 0.2) is 0 Å². The van der Waals surface area contributed by atoms with Crippen molar-refractivity contribution in [2.24, 2.45) is 5.92 Å². The fraction of sp³-hybridized carbons (Fsp3) is 0.368. The van der Waals surface area contributed by atoms with Gasteiger partial charge in [-0.05, 0) is 35.6 Å². The molecule has 0 radical (unpaired) electrons. The van der Waals surface area contributed by atoms with E-state index in [1.54, 1.807) is 0 Å². The number of aliphatic hydroxyl groups is 1. The minimum absolute atomic E-state index is 0.259. The Balaban J connectivity index is 1.55. The minimum Gasteiger partial charge on any atom is -0.388 e. The van der Waals surface area contributed by atoms with Crippen molar-refractivity contribution in [3.05, 3.63) is 71.3 Å². The van der Waals surface area contributed by atoms with Gasteiger partial charge in [0.1, 0.15) is 0 Å². The third-order valence-electron chi connectivity index (χ3n) is 5.12. The maximum atomic E-state index is 10.5. The van der Waals surface area contributed by atoms with Gasteiger partial charge in [-0.2, -0.15) is 0 Å². The van der Waals surface area contributed by atoms with Crippen molar-refractivity contribution in [3.8, 4) is 0 Å². The van der Waals surface area contributed by atoms with E-state index >= 15 is 0 Å². The van der Waals surface area contributed by atoms with E-state index in [2.05, 4.69) is 53.4 Å². The van der Waals surface area contributed by atoms with Crippen LogP contribution < -0.4 is 0 Å². The molecule has 1 heterocycles. The summed E-state index contributed by atoms with van der Waals surface area (Å²) in [6, 6.07) is 19.1. The van der Waals surface area contributed by atoms with Crippen molar-refractivity contribution in [2.75, 3.05) is 13.1 Å². The molecule has 2 aliphatic rings. The second-order valence-electron chi connectivity index (χ2n) is 6.35. The molecule has 1 aliphatic heterocycles. The molecule has 3 atom stereocenters. The van der Waals surface area contributed by atoms with Gasteiger partial charge in [0.25, 0.3) is 0 Å². The van der Waals surface area contributed by atoms with E-state index in [1.165, 1.54) is 11.1 Å². The van der Waals surface area contributed by atoms with Crippen LogP contribution in [0.15, 0.2) is 54.6 Å². The molecule has 4 rings (SSSR count). The Morgan fingerprint density at radius 3 is 2.48 bits per heavy atom. The molecule has 1 N–H and O–H groups in total. The third-order valence-corrected chi connectivity index (χ3v) is 5.12. The molecule has 21 heavy (non-hydrogen) atoms. The van der Waals surface area contributed by atoms with E-state index in [0.717, 1.165) is 31.6 Å². The summed E-state index contributed by atoms with van der Waals surface area (Å²) in [5.74, 6) is 0.906. The molecule has 1 aliphatic carbocycles. The van der Waals surface area contributed by atoms with Crippen molar-refractivity contribution in [1.82, 2.24) is 4.90 Å². The van der Waals surface area contributed by atoms with Gasteiger partial charge in [-0.1, -0.05) is 54.6 Å². The fourth-order valence-electron chi connectivity index (χ4n) is 4.08. The number of aliphatic hydroxyl groups excluding tert-OH is 1. The molecule has 0 unspecified atom stereocenters. The SMILES string of the molecule is O[C@@H]1c2ccccc2[C@@H]2CN(Cc3ccccc3)CC[C@@H]12. The van der Waals surface area contributed by atoms with Crippen molar-refractivity contribution >= 4 is 0 Å². The van der Waals surface area contributed by atoms with Crippen LogP contribution >= 0.6 is 0 Å². The third kappa shape index (κ3) is 2.29. The first-order valence-corrected chi connectivity index (χ1v) is 7.86. The number of hydrogen-bond donors (Lipinski definition) is 1. The molecule has 1 saturated heterocycles. The van der Waals surface area contributed by atoms with Gasteiger partial charge in [-0.15, -0.1) is 0 Å². The molecule has 2 aromatic carbocycles. The summed E-state index contributed by atoms with van der Waals surface area (Å²) in [6.07, 6.45) is 0.831. The van der Waals surface area contributed by atoms with Crippen molar-refractivity contribution < 1.29 is 5.11 Å². The van der Waals surface area contributed by atoms with Crippen LogP contribution in [0, 0.1) is 5.92 Å². The molecule has 0 spiro atoms. The van der Waals surface area contributed by atoms with Gasteiger partial charge in [-0.3, -0.25) is 4.90 Å². The summed E-state index contributed by atoms with van der Waals surface area (Å²) in [5.41, 5.74) is 3.91. The Morgan fingerprint density at radius 2 is 1.67 bits per heavy atom. The molecule has 0 aromatic heterocycles. The van der Waals surface area contributed by atoms with E-state index < -0.39 is 0 Å².